The van der Waals surface area contributed by atoms with Crippen molar-refractivity contribution in [1.29, 1.82) is 0 Å². The SMILES string of the molecule is O=C(O)O.Oc1cccc(-c2ccccc2)c1O. The number of aromatic hydroxyl groups is 2. The van der Waals surface area contributed by atoms with Gasteiger partial charge in [0.2, 0.25) is 0 Å². The molecule has 0 atom stereocenters. The molecular weight excluding hydrogens is 236 g/mol. The van der Waals surface area contributed by atoms with Crippen LogP contribution < -0.4 is 0 Å². The lowest BCUT2D eigenvalue weighted by molar-refractivity contribution is 0.137. The van der Waals surface area contributed by atoms with Gasteiger partial charge in [0, 0.05) is 5.56 Å². The first kappa shape index (κ1) is 13.4. The number of benzene rings is 2. The molecule has 0 aliphatic rings. The van der Waals surface area contributed by atoms with Gasteiger partial charge in [0.25, 0.3) is 0 Å². The van der Waals surface area contributed by atoms with Crippen molar-refractivity contribution in [1.82, 2.24) is 0 Å². The largest absolute Gasteiger partial charge is 0.504 e. The summed E-state index contributed by atoms with van der Waals surface area (Å²) in [6.45, 7) is 0. The number of carbonyl (C=O) groups is 1. The van der Waals surface area contributed by atoms with Crippen LogP contribution in [-0.4, -0.2) is 26.6 Å². The molecule has 0 heterocycles. The van der Waals surface area contributed by atoms with Crippen LogP contribution in [0.1, 0.15) is 0 Å². The number of phenolic OH excluding ortho intramolecular Hbond substituents is 2. The molecule has 0 fully saturated rings. The third-order valence-electron chi connectivity index (χ3n) is 2.10. The Balaban J connectivity index is 0.000000357. The molecule has 5 nitrogen and oxygen atoms in total. The summed E-state index contributed by atoms with van der Waals surface area (Å²) in [6.07, 6.45) is -1.83. The Labute approximate surface area is 103 Å². The second kappa shape index (κ2) is 6.15. The topological polar surface area (TPSA) is 98.0 Å². The van der Waals surface area contributed by atoms with Gasteiger partial charge in [-0.25, -0.2) is 4.79 Å². The molecule has 0 spiro atoms. The molecule has 94 valence electrons. The smallest absolute Gasteiger partial charge is 0.503 e. The summed E-state index contributed by atoms with van der Waals surface area (Å²) in [5, 5.41) is 32.9. The van der Waals surface area contributed by atoms with Crippen molar-refractivity contribution < 1.29 is 25.2 Å². The second-order valence-electron chi connectivity index (χ2n) is 3.32. The van der Waals surface area contributed by atoms with Crippen molar-refractivity contribution in [2.45, 2.75) is 0 Å². The number of phenols is 2. The maximum atomic E-state index is 9.60. The van der Waals surface area contributed by atoms with Gasteiger partial charge < -0.3 is 20.4 Å². The zero-order valence-electron chi connectivity index (χ0n) is 9.32. The predicted molar refractivity (Wildman–Crippen MR) is 65.9 cm³/mol. The molecule has 4 N–H and O–H groups in total. The van der Waals surface area contributed by atoms with Crippen molar-refractivity contribution in [3.8, 4) is 22.6 Å². The quantitative estimate of drug-likeness (QED) is 0.581. The van der Waals surface area contributed by atoms with Crippen LogP contribution in [0.5, 0.6) is 11.5 Å². The van der Waals surface area contributed by atoms with E-state index in [0.29, 0.717) is 5.56 Å². The van der Waals surface area contributed by atoms with Crippen molar-refractivity contribution in [3.63, 3.8) is 0 Å². The number of rotatable bonds is 1. The summed E-state index contributed by atoms with van der Waals surface area (Å²) >= 11 is 0. The van der Waals surface area contributed by atoms with E-state index < -0.39 is 6.16 Å². The molecule has 0 aliphatic heterocycles. The Morgan fingerprint density at radius 3 is 1.94 bits per heavy atom. The monoisotopic (exact) mass is 248 g/mol. The van der Waals surface area contributed by atoms with E-state index in [1.165, 1.54) is 6.07 Å². The molecule has 2 aromatic carbocycles. The fourth-order valence-corrected chi connectivity index (χ4v) is 1.38. The van der Waals surface area contributed by atoms with Crippen LogP contribution in [0, 0.1) is 0 Å². The van der Waals surface area contributed by atoms with E-state index in [4.69, 9.17) is 15.0 Å². The molecular formula is C13H12O5. The Hall–Kier alpha value is -2.69. The second-order valence-corrected chi connectivity index (χ2v) is 3.32. The molecule has 0 saturated carbocycles. The number of para-hydroxylation sites is 1. The van der Waals surface area contributed by atoms with E-state index in [9.17, 15) is 10.2 Å². The van der Waals surface area contributed by atoms with E-state index in [1.54, 1.807) is 12.1 Å². The van der Waals surface area contributed by atoms with Crippen molar-refractivity contribution >= 4 is 6.16 Å². The summed E-state index contributed by atoms with van der Waals surface area (Å²) in [5.74, 6) is -0.162. The average Bonchev–Trinajstić information content (AvgIpc) is 2.33. The van der Waals surface area contributed by atoms with Crippen LogP contribution in [0.2, 0.25) is 0 Å². The summed E-state index contributed by atoms with van der Waals surface area (Å²) in [5.41, 5.74) is 1.53. The first-order valence-electron chi connectivity index (χ1n) is 5.00. The molecule has 0 aliphatic carbocycles. The van der Waals surface area contributed by atoms with E-state index in [-0.39, 0.29) is 11.5 Å². The molecule has 0 aromatic heterocycles. The van der Waals surface area contributed by atoms with Crippen molar-refractivity contribution in [3.05, 3.63) is 48.5 Å². The van der Waals surface area contributed by atoms with Gasteiger partial charge in [-0.1, -0.05) is 42.5 Å². The summed E-state index contributed by atoms with van der Waals surface area (Å²) < 4.78 is 0. The zero-order valence-corrected chi connectivity index (χ0v) is 9.32. The molecule has 5 heteroatoms. The summed E-state index contributed by atoms with van der Waals surface area (Å²) in [7, 11) is 0. The van der Waals surface area contributed by atoms with Crippen LogP contribution in [0.4, 0.5) is 4.79 Å². The number of carboxylic acid groups (broad SMARTS) is 2. The standard InChI is InChI=1S/C12H10O2.CH2O3/c13-11-8-4-7-10(12(11)14)9-5-2-1-3-6-9;2-1(3)4/h1-8,13-14H;(H2,2,3,4). The highest BCUT2D eigenvalue weighted by atomic mass is 16.6. The number of hydrogen-bond donors (Lipinski definition) is 4. The van der Waals surface area contributed by atoms with Crippen LogP contribution >= 0.6 is 0 Å². The first-order valence-corrected chi connectivity index (χ1v) is 5.00. The lowest BCUT2D eigenvalue weighted by Crippen LogP contribution is -1.81. The van der Waals surface area contributed by atoms with Gasteiger partial charge in [-0.15, -0.1) is 0 Å². The maximum Gasteiger partial charge on any atom is 0.503 e. The van der Waals surface area contributed by atoms with Gasteiger partial charge in [0.1, 0.15) is 0 Å². The van der Waals surface area contributed by atoms with Gasteiger partial charge in [0.05, 0.1) is 0 Å². The minimum atomic E-state index is -1.83. The van der Waals surface area contributed by atoms with Crippen LogP contribution in [0.3, 0.4) is 0 Å². The Bertz CT molecular complexity index is 518. The molecule has 0 radical (unpaired) electrons. The summed E-state index contributed by atoms with van der Waals surface area (Å²) in [6, 6.07) is 14.4. The molecule has 0 amide bonds. The van der Waals surface area contributed by atoms with Gasteiger partial charge in [-0.2, -0.15) is 0 Å². The lowest BCUT2D eigenvalue weighted by atomic mass is 10.0. The maximum absolute atomic E-state index is 9.60. The Morgan fingerprint density at radius 1 is 0.833 bits per heavy atom. The molecule has 2 rings (SSSR count). The highest BCUT2D eigenvalue weighted by Gasteiger charge is 2.06. The third kappa shape index (κ3) is 3.71. The van der Waals surface area contributed by atoms with E-state index in [2.05, 4.69) is 0 Å². The molecule has 0 bridgehead atoms. The predicted octanol–water partition coefficient (Wildman–Crippen LogP) is 2.99. The zero-order chi connectivity index (χ0) is 13.5. The Morgan fingerprint density at radius 2 is 1.39 bits per heavy atom. The van der Waals surface area contributed by atoms with Gasteiger partial charge >= 0.3 is 6.16 Å². The third-order valence-corrected chi connectivity index (χ3v) is 2.10. The van der Waals surface area contributed by atoms with Gasteiger partial charge in [0.15, 0.2) is 11.5 Å². The first-order chi connectivity index (χ1) is 8.52. The fraction of sp³-hybridized carbons (Fsp3) is 0. The number of hydrogen-bond acceptors (Lipinski definition) is 3. The van der Waals surface area contributed by atoms with Crippen LogP contribution in [0.25, 0.3) is 11.1 Å². The minimum absolute atomic E-state index is 0.0706. The molecule has 2 aromatic rings. The molecule has 0 saturated heterocycles. The average molecular weight is 248 g/mol. The van der Waals surface area contributed by atoms with E-state index in [0.717, 1.165) is 5.56 Å². The van der Waals surface area contributed by atoms with Crippen molar-refractivity contribution in [2.75, 3.05) is 0 Å². The van der Waals surface area contributed by atoms with Gasteiger partial charge in [-0.3, -0.25) is 0 Å². The van der Waals surface area contributed by atoms with Crippen LogP contribution in [-0.2, 0) is 0 Å². The van der Waals surface area contributed by atoms with E-state index in [1.807, 2.05) is 30.3 Å². The molecule has 0 unspecified atom stereocenters. The summed E-state index contributed by atoms with van der Waals surface area (Å²) in [4.78, 5) is 8.56. The highest BCUT2D eigenvalue weighted by molar-refractivity contribution is 5.72. The van der Waals surface area contributed by atoms with Crippen molar-refractivity contribution in [2.24, 2.45) is 0 Å². The normalized spacial score (nSPS) is 9.11. The minimum Gasteiger partial charge on any atom is -0.504 e. The highest BCUT2D eigenvalue weighted by Crippen LogP contribution is 2.35. The lowest BCUT2D eigenvalue weighted by Gasteiger charge is -2.05. The van der Waals surface area contributed by atoms with Crippen LogP contribution in [0.15, 0.2) is 48.5 Å². The van der Waals surface area contributed by atoms with Gasteiger partial charge in [-0.05, 0) is 11.6 Å². The molecule has 18 heavy (non-hydrogen) atoms. The Kier molecular flexibility index (Phi) is 4.57. The fourth-order valence-electron chi connectivity index (χ4n) is 1.38. The van der Waals surface area contributed by atoms with E-state index >= 15 is 0 Å².